The van der Waals surface area contributed by atoms with Gasteiger partial charge in [-0.2, -0.15) is 0 Å². The van der Waals surface area contributed by atoms with E-state index in [2.05, 4.69) is 55.6 Å². The Balaban J connectivity index is 4.03. The summed E-state index contributed by atoms with van der Waals surface area (Å²) in [5, 5.41) is 11.9. The second kappa shape index (κ2) is 41.2. The third-order valence-electron chi connectivity index (χ3n) is 9.53. The van der Waals surface area contributed by atoms with Crippen molar-refractivity contribution >= 4 is 17.8 Å². The molecular formula is C47H82N2O5. The molecule has 0 saturated carbocycles. The van der Waals surface area contributed by atoms with Gasteiger partial charge in [0, 0.05) is 12.8 Å². The van der Waals surface area contributed by atoms with Crippen LogP contribution < -0.4 is 11.1 Å². The van der Waals surface area contributed by atoms with Crippen molar-refractivity contribution in [3.63, 3.8) is 0 Å². The Bertz CT molecular complexity index is 1030. The van der Waals surface area contributed by atoms with Crippen molar-refractivity contribution in [2.24, 2.45) is 5.73 Å². The molecule has 0 aromatic rings. The third-order valence-corrected chi connectivity index (χ3v) is 9.53. The van der Waals surface area contributed by atoms with Crippen molar-refractivity contribution in [3.05, 3.63) is 60.8 Å². The Kier molecular flexibility index (Phi) is 39.0. The van der Waals surface area contributed by atoms with Crippen LogP contribution in [0.5, 0.6) is 0 Å². The highest BCUT2D eigenvalue weighted by molar-refractivity contribution is 5.83. The molecule has 0 saturated heterocycles. The molecule has 0 bridgehead atoms. The van der Waals surface area contributed by atoms with Gasteiger partial charge in [0.05, 0.1) is 0 Å². The molecule has 0 aromatic carbocycles. The molecule has 0 aromatic heterocycles. The summed E-state index contributed by atoms with van der Waals surface area (Å²) in [6, 6.07) is -0.875. The molecule has 4 N–H and O–H groups in total. The minimum atomic E-state index is -1.02. The largest absolute Gasteiger partial charge is 0.480 e. The average molecular weight is 755 g/mol. The van der Waals surface area contributed by atoms with Gasteiger partial charge in [0.1, 0.15) is 12.1 Å². The molecule has 2 unspecified atom stereocenters. The molecular weight excluding hydrogens is 673 g/mol. The number of esters is 1. The van der Waals surface area contributed by atoms with Crippen molar-refractivity contribution in [1.29, 1.82) is 0 Å². The van der Waals surface area contributed by atoms with Crippen LogP contribution in [0, 0.1) is 0 Å². The normalized spacial score (nSPS) is 13.2. The number of carbonyl (C=O) groups is 3. The minimum Gasteiger partial charge on any atom is -0.480 e. The summed E-state index contributed by atoms with van der Waals surface area (Å²) in [7, 11) is 0. The number of allylic oxidation sites excluding steroid dienone is 8. The lowest BCUT2D eigenvalue weighted by Crippen LogP contribution is -2.40. The highest BCUT2D eigenvalue weighted by atomic mass is 16.5. The molecule has 0 spiro atoms. The molecule has 0 fully saturated rings. The molecule has 7 heteroatoms. The maximum atomic E-state index is 12.6. The van der Waals surface area contributed by atoms with Gasteiger partial charge in [0.2, 0.25) is 5.91 Å². The zero-order chi connectivity index (χ0) is 39.6. The number of nitrogens with one attached hydrogen (secondary N) is 1. The van der Waals surface area contributed by atoms with E-state index < -0.39 is 12.0 Å². The molecule has 7 nitrogen and oxygen atoms in total. The SMILES string of the molecule is CC/C=C\C/C=C\C(/C=C\CCCCCC(=O)NC(CCCN)C(=O)O)OC(=O)CCCCCCCCCCCCC/C=C\C/C=C\CCCCCCC. The number of hydrogen-bond donors (Lipinski definition) is 3. The number of ether oxygens (including phenoxy) is 1. The second-order valence-electron chi connectivity index (χ2n) is 14.7. The van der Waals surface area contributed by atoms with Crippen LogP contribution in [0.2, 0.25) is 0 Å². The number of hydrogen-bond acceptors (Lipinski definition) is 5. The predicted octanol–water partition coefficient (Wildman–Crippen LogP) is 12.6. The van der Waals surface area contributed by atoms with E-state index in [1.54, 1.807) is 0 Å². The van der Waals surface area contributed by atoms with Gasteiger partial charge in [-0.3, -0.25) is 9.59 Å². The molecule has 1 amide bonds. The Morgan fingerprint density at radius 3 is 1.63 bits per heavy atom. The molecule has 0 aliphatic heterocycles. The van der Waals surface area contributed by atoms with Crippen LogP contribution in [-0.2, 0) is 19.1 Å². The zero-order valence-corrected chi connectivity index (χ0v) is 34.8. The Morgan fingerprint density at radius 2 is 1.06 bits per heavy atom. The van der Waals surface area contributed by atoms with Crippen LogP contribution in [0.3, 0.4) is 0 Å². The second-order valence-corrected chi connectivity index (χ2v) is 14.7. The first-order chi connectivity index (χ1) is 26.4. The number of nitrogens with two attached hydrogens (primary N) is 1. The standard InChI is InChI=1S/C47H82N2O5/c1-3-5-7-9-10-11-12-13-14-15-16-17-18-19-20-21-22-23-24-25-26-31-35-41-46(51)54-43(37-32-28-8-6-4-2)38-33-29-27-30-34-40-45(50)49-44(47(52)53)39-36-42-48/h6,8,12-13,15-16,32-33,37-38,43-44H,3-5,7,9-11,14,17-31,34-36,39-42,48H2,1-2H3,(H,49,50)(H,52,53)/b8-6-,13-12-,16-15-,37-32-,38-33-. The average Bonchev–Trinajstić information content (AvgIpc) is 3.16. The van der Waals surface area contributed by atoms with Crippen molar-refractivity contribution in [2.45, 2.75) is 212 Å². The lowest BCUT2D eigenvalue weighted by molar-refractivity contribution is -0.145. The van der Waals surface area contributed by atoms with Crippen molar-refractivity contribution in [1.82, 2.24) is 5.32 Å². The van der Waals surface area contributed by atoms with E-state index in [9.17, 15) is 19.5 Å². The first kappa shape index (κ1) is 51.1. The Labute approximate surface area is 331 Å². The highest BCUT2D eigenvalue weighted by Crippen LogP contribution is 2.14. The molecule has 54 heavy (non-hydrogen) atoms. The monoisotopic (exact) mass is 755 g/mol. The lowest BCUT2D eigenvalue weighted by Gasteiger charge is -2.13. The van der Waals surface area contributed by atoms with E-state index in [0.717, 1.165) is 51.4 Å². The number of carbonyl (C=O) groups excluding carboxylic acids is 2. The van der Waals surface area contributed by atoms with Crippen molar-refractivity contribution < 1.29 is 24.2 Å². The van der Waals surface area contributed by atoms with Gasteiger partial charge < -0.3 is 20.9 Å². The number of carboxylic acids is 1. The van der Waals surface area contributed by atoms with E-state index in [-0.39, 0.29) is 18.0 Å². The number of aliphatic carboxylic acids is 1. The molecule has 0 aliphatic rings. The van der Waals surface area contributed by atoms with E-state index in [1.165, 1.54) is 103 Å². The van der Waals surface area contributed by atoms with Gasteiger partial charge in [-0.05, 0) is 102 Å². The maximum Gasteiger partial charge on any atom is 0.326 e. The summed E-state index contributed by atoms with van der Waals surface area (Å²) >= 11 is 0. The Morgan fingerprint density at radius 1 is 0.574 bits per heavy atom. The summed E-state index contributed by atoms with van der Waals surface area (Å²) in [5.74, 6) is -1.40. The lowest BCUT2D eigenvalue weighted by atomic mass is 10.0. The quantitative estimate of drug-likeness (QED) is 0.0327. The van der Waals surface area contributed by atoms with Gasteiger partial charge in [-0.15, -0.1) is 0 Å². The summed E-state index contributed by atoms with van der Waals surface area (Å²) < 4.78 is 5.80. The molecule has 0 aliphatic carbocycles. The van der Waals surface area contributed by atoms with E-state index in [4.69, 9.17) is 10.5 Å². The summed E-state index contributed by atoms with van der Waals surface area (Å²) in [4.78, 5) is 36.1. The number of amides is 1. The minimum absolute atomic E-state index is 0.147. The number of unbranched alkanes of at least 4 members (excludes halogenated alkanes) is 19. The molecule has 310 valence electrons. The van der Waals surface area contributed by atoms with Crippen molar-refractivity contribution in [3.8, 4) is 0 Å². The maximum absolute atomic E-state index is 12.6. The Hall–Kier alpha value is -2.93. The van der Waals surface area contributed by atoms with E-state index in [0.29, 0.717) is 38.6 Å². The van der Waals surface area contributed by atoms with Gasteiger partial charge in [-0.25, -0.2) is 4.79 Å². The van der Waals surface area contributed by atoms with Crippen LogP contribution >= 0.6 is 0 Å². The summed E-state index contributed by atoms with van der Waals surface area (Å²) in [6.45, 7) is 4.77. The zero-order valence-electron chi connectivity index (χ0n) is 34.8. The molecule has 0 heterocycles. The van der Waals surface area contributed by atoms with Gasteiger partial charge >= 0.3 is 11.9 Å². The number of rotatable bonds is 39. The van der Waals surface area contributed by atoms with E-state index >= 15 is 0 Å². The van der Waals surface area contributed by atoms with Crippen LogP contribution in [0.25, 0.3) is 0 Å². The fraction of sp³-hybridized carbons (Fsp3) is 0.723. The topological polar surface area (TPSA) is 119 Å². The van der Waals surface area contributed by atoms with Crippen molar-refractivity contribution in [2.75, 3.05) is 6.54 Å². The van der Waals surface area contributed by atoms with Crippen LogP contribution in [0.1, 0.15) is 200 Å². The summed E-state index contributed by atoms with van der Waals surface area (Å²) in [6.07, 6.45) is 52.0. The van der Waals surface area contributed by atoms with Gasteiger partial charge in [0.15, 0.2) is 0 Å². The first-order valence-electron chi connectivity index (χ1n) is 22.1. The number of carboxylic acid groups (broad SMARTS) is 1. The fourth-order valence-electron chi connectivity index (χ4n) is 6.20. The third kappa shape index (κ3) is 37.4. The smallest absolute Gasteiger partial charge is 0.326 e. The summed E-state index contributed by atoms with van der Waals surface area (Å²) in [5.41, 5.74) is 5.46. The van der Waals surface area contributed by atoms with Crippen LogP contribution in [0.4, 0.5) is 0 Å². The molecule has 0 radical (unpaired) electrons. The van der Waals surface area contributed by atoms with Crippen LogP contribution in [-0.4, -0.2) is 41.6 Å². The van der Waals surface area contributed by atoms with Gasteiger partial charge in [0.25, 0.3) is 0 Å². The molecule has 0 rings (SSSR count). The van der Waals surface area contributed by atoms with Crippen LogP contribution in [0.15, 0.2) is 60.8 Å². The highest BCUT2D eigenvalue weighted by Gasteiger charge is 2.18. The first-order valence-corrected chi connectivity index (χ1v) is 22.1. The molecule has 2 atom stereocenters. The predicted molar refractivity (Wildman–Crippen MR) is 229 cm³/mol. The van der Waals surface area contributed by atoms with E-state index in [1.807, 2.05) is 24.3 Å². The van der Waals surface area contributed by atoms with Gasteiger partial charge in [-0.1, -0.05) is 152 Å². The fourth-order valence-corrected chi connectivity index (χ4v) is 6.20.